The van der Waals surface area contributed by atoms with Gasteiger partial charge in [-0.1, -0.05) is 63.2 Å². The maximum Gasteiger partial charge on any atom is 0.317 e. The Balaban J connectivity index is 1.35. The number of hydrogen-bond acceptors (Lipinski definition) is 3. The number of ether oxygens (including phenoxy) is 1. The summed E-state index contributed by atoms with van der Waals surface area (Å²) in [5.41, 5.74) is 2.65. The lowest BCUT2D eigenvalue weighted by atomic mass is 9.87. The van der Waals surface area contributed by atoms with Gasteiger partial charge in [0, 0.05) is 32.7 Å². The molecule has 1 fully saturated rings. The standard InChI is InChI=1S/C24H33N3O2/c1-24(2,3)21-10-7-11-22(18-21)29-17-12-25-23(28)27-15-13-26(14-16-27)19-20-8-5-4-6-9-20/h4-11,18H,12-17,19H2,1-3H3,(H,25,28). The molecule has 0 bridgehead atoms. The van der Waals surface area contributed by atoms with E-state index >= 15 is 0 Å². The predicted molar refractivity (Wildman–Crippen MR) is 117 cm³/mol. The summed E-state index contributed by atoms with van der Waals surface area (Å²) < 4.78 is 5.82. The number of carbonyl (C=O) groups excluding carboxylic acids is 1. The Hall–Kier alpha value is -2.53. The number of urea groups is 1. The van der Waals surface area contributed by atoms with Crippen LogP contribution in [0, 0.1) is 0 Å². The first kappa shape index (κ1) is 21.2. The van der Waals surface area contributed by atoms with Gasteiger partial charge in [0.25, 0.3) is 0 Å². The largest absolute Gasteiger partial charge is 0.492 e. The van der Waals surface area contributed by atoms with Crippen LogP contribution in [-0.2, 0) is 12.0 Å². The van der Waals surface area contributed by atoms with Crippen molar-refractivity contribution in [1.29, 1.82) is 0 Å². The molecule has 2 amide bonds. The fraction of sp³-hybridized carbons (Fsp3) is 0.458. The zero-order valence-corrected chi connectivity index (χ0v) is 17.9. The summed E-state index contributed by atoms with van der Waals surface area (Å²) in [5, 5.41) is 2.98. The van der Waals surface area contributed by atoms with E-state index in [1.807, 2.05) is 23.1 Å². The topological polar surface area (TPSA) is 44.8 Å². The Morgan fingerprint density at radius 1 is 1.00 bits per heavy atom. The van der Waals surface area contributed by atoms with E-state index in [1.165, 1.54) is 11.1 Å². The van der Waals surface area contributed by atoms with Gasteiger partial charge in [0.05, 0.1) is 6.54 Å². The van der Waals surface area contributed by atoms with Gasteiger partial charge < -0.3 is 15.0 Å². The number of hydrogen-bond donors (Lipinski definition) is 1. The van der Waals surface area contributed by atoms with Crippen LogP contribution in [0.15, 0.2) is 54.6 Å². The molecule has 1 N–H and O–H groups in total. The lowest BCUT2D eigenvalue weighted by molar-refractivity contribution is 0.134. The smallest absolute Gasteiger partial charge is 0.317 e. The highest BCUT2D eigenvalue weighted by Gasteiger charge is 2.20. The van der Waals surface area contributed by atoms with E-state index in [0.717, 1.165) is 38.5 Å². The van der Waals surface area contributed by atoms with E-state index in [0.29, 0.717) is 13.2 Å². The summed E-state index contributed by atoms with van der Waals surface area (Å²) in [7, 11) is 0. The Kier molecular flexibility index (Phi) is 7.15. The first-order valence-corrected chi connectivity index (χ1v) is 10.4. The minimum Gasteiger partial charge on any atom is -0.492 e. The second-order valence-electron chi connectivity index (χ2n) is 8.61. The van der Waals surface area contributed by atoms with E-state index in [1.54, 1.807) is 0 Å². The fourth-order valence-electron chi connectivity index (χ4n) is 3.44. The van der Waals surface area contributed by atoms with Crippen LogP contribution in [-0.4, -0.2) is 55.2 Å². The van der Waals surface area contributed by atoms with Gasteiger partial charge in [-0.25, -0.2) is 4.79 Å². The van der Waals surface area contributed by atoms with Gasteiger partial charge in [-0.05, 0) is 28.7 Å². The van der Waals surface area contributed by atoms with Crippen molar-refractivity contribution in [2.45, 2.75) is 32.7 Å². The molecule has 3 rings (SSSR count). The normalized spacial score (nSPS) is 15.2. The number of amides is 2. The molecule has 0 saturated carbocycles. The molecule has 5 heteroatoms. The second kappa shape index (κ2) is 9.79. The number of piperazine rings is 1. The molecule has 156 valence electrons. The Bertz CT molecular complexity index is 778. The van der Waals surface area contributed by atoms with Gasteiger partial charge in [0.1, 0.15) is 12.4 Å². The summed E-state index contributed by atoms with van der Waals surface area (Å²) >= 11 is 0. The second-order valence-corrected chi connectivity index (χ2v) is 8.61. The molecule has 0 radical (unpaired) electrons. The maximum atomic E-state index is 12.4. The molecular weight excluding hydrogens is 362 g/mol. The summed E-state index contributed by atoms with van der Waals surface area (Å²) in [6.07, 6.45) is 0. The monoisotopic (exact) mass is 395 g/mol. The Morgan fingerprint density at radius 3 is 2.41 bits per heavy atom. The van der Waals surface area contributed by atoms with Crippen LogP contribution in [0.25, 0.3) is 0 Å². The fourth-order valence-corrected chi connectivity index (χ4v) is 3.44. The van der Waals surface area contributed by atoms with Crippen LogP contribution in [0.3, 0.4) is 0 Å². The van der Waals surface area contributed by atoms with Crippen LogP contribution in [0.2, 0.25) is 0 Å². The van der Waals surface area contributed by atoms with Crippen molar-refractivity contribution in [1.82, 2.24) is 15.1 Å². The predicted octanol–water partition coefficient (Wildman–Crippen LogP) is 3.89. The zero-order valence-electron chi connectivity index (χ0n) is 17.9. The van der Waals surface area contributed by atoms with E-state index in [4.69, 9.17) is 4.74 Å². The molecule has 1 aliphatic heterocycles. The molecule has 0 aromatic heterocycles. The highest BCUT2D eigenvalue weighted by molar-refractivity contribution is 5.74. The van der Waals surface area contributed by atoms with Crippen molar-refractivity contribution in [2.75, 3.05) is 39.3 Å². The molecule has 5 nitrogen and oxygen atoms in total. The molecule has 2 aromatic rings. The van der Waals surface area contributed by atoms with Crippen LogP contribution >= 0.6 is 0 Å². The number of benzene rings is 2. The molecule has 29 heavy (non-hydrogen) atoms. The van der Waals surface area contributed by atoms with Gasteiger partial charge in [-0.15, -0.1) is 0 Å². The molecule has 0 aliphatic carbocycles. The number of rotatable bonds is 6. The van der Waals surface area contributed by atoms with Crippen molar-refractivity contribution in [2.24, 2.45) is 0 Å². The van der Waals surface area contributed by atoms with Gasteiger partial charge >= 0.3 is 6.03 Å². The number of nitrogens with zero attached hydrogens (tertiary/aromatic N) is 2. The van der Waals surface area contributed by atoms with Crippen LogP contribution in [0.4, 0.5) is 4.79 Å². The lowest BCUT2D eigenvalue weighted by Gasteiger charge is -2.34. The first-order chi connectivity index (χ1) is 13.9. The average Bonchev–Trinajstić information content (AvgIpc) is 2.72. The zero-order chi connectivity index (χ0) is 20.7. The Labute approximate surface area is 174 Å². The molecule has 1 heterocycles. The maximum absolute atomic E-state index is 12.4. The summed E-state index contributed by atoms with van der Waals surface area (Å²) in [4.78, 5) is 16.7. The van der Waals surface area contributed by atoms with Crippen molar-refractivity contribution >= 4 is 6.03 Å². The first-order valence-electron chi connectivity index (χ1n) is 10.4. The number of nitrogens with one attached hydrogen (secondary N) is 1. The van der Waals surface area contributed by atoms with E-state index in [2.05, 4.69) is 67.4 Å². The molecule has 2 aromatic carbocycles. The summed E-state index contributed by atoms with van der Waals surface area (Å²) in [5.74, 6) is 0.848. The van der Waals surface area contributed by atoms with Crippen LogP contribution in [0.1, 0.15) is 31.9 Å². The molecular formula is C24H33N3O2. The quantitative estimate of drug-likeness (QED) is 0.755. The van der Waals surface area contributed by atoms with Gasteiger partial charge in [0.2, 0.25) is 0 Å². The van der Waals surface area contributed by atoms with E-state index < -0.39 is 0 Å². The third-order valence-electron chi connectivity index (χ3n) is 5.26. The summed E-state index contributed by atoms with van der Waals surface area (Å²) in [6, 6.07) is 18.6. The molecule has 0 spiro atoms. The van der Waals surface area contributed by atoms with Gasteiger partial charge in [-0.3, -0.25) is 4.90 Å². The summed E-state index contributed by atoms with van der Waals surface area (Å²) in [6.45, 7) is 11.8. The molecule has 1 saturated heterocycles. The van der Waals surface area contributed by atoms with Gasteiger partial charge in [-0.2, -0.15) is 0 Å². The highest BCUT2D eigenvalue weighted by Crippen LogP contribution is 2.25. The van der Waals surface area contributed by atoms with E-state index in [-0.39, 0.29) is 11.4 Å². The van der Waals surface area contributed by atoms with Crippen molar-refractivity contribution in [3.05, 3.63) is 65.7 Å². The Morgan fingerprint density at radius 2 is 1.72 bits per heavy atom. The van der Waals surface area contributed by atoms with Crippen molar-refractivity contribution < 1.29 is 9.53 Å². The average molecular weight is 396 g/mol. The minimum atomic E-state index is -0.00333. The van der Waals surface area contributed by atoms with E-state index in [9.17, 15) is 4.79 Å². The van der Waals surface area contributed by atoms with Crippen LogP contribution < -0.4 is 10.1 Å². The lowest BCUT2D eigenvalue weighted by Crippen LogP contribution is -2.51. The third-order valence-corrected chi connectivity index (χ3v) is 5.26. The van der Waals surface area contributed by atoms with Crippen molar-refractivity contribution in [3.8, 4) is 5.75 Å². The van der Waals surface area contributed by atoms with Gasteiger partial charge in [0.15, 0.2) is 0 Å². The highest BCUT2D eigenvalue weighted by atomic mass is 16.5. The third kappa shape index (κ3) is 6.50. The SMILES string of the molecule is CC(C)(C)c1cccc(OCCNC(=O)N2CCN(Cc3ccccc3)CC2)c1. The van der Waals surface area contributed by atoms with Crippen LogP contribution in [0.5, 0.6) is 5.75 Å². The molecule has 1 aliphatic rings. The number of carbonyl (C=O) groups is 1. The van der Waals surface area contributed by atoms with Crippen molar-refractivity contribution in [3.63, 3.8) is 0 Å². The molecule has 0 atom stereocenters. The molecule has 0 unspecified atom stereocenters. The minimum absolute atomic E-state index is 0.00333.